The first-order valence-electron chi connectivity index (χ1n) is 10.1. The Labute approximate surface area is 174 Å². The van der Waals surface area contributed by atoms with Crippen LogP contribution < -0.4 is 10.6 Å². The molecule has 30 heavy (non-hydrogen) atoms. The van der Waals surface area contributed by atoms with E-state index in [1.54, 1.807) is 6.92 Å². The summed E-state index contributed by atoms with van der Waals surface area (Å²) in [6.45, 7) is 1.84. The van der Waals surface area contributed by atoms with E-state index in [0.29, 0.717) is 12.8 Å². The molecule has 2 aliphatic rings. The van der Waals surface area contributed by atoms with Crippen LogP contribution in [-0.4, -0.2) is 41.3 Å². The number of hydrogen-bond donors (Lipinski definition) is 3. The van der Waals surface area contributed by atoms with Gasteiger partial charge in [-0.15, -0.1) is 0 Å². The Morgan fingerprint density at radius 3 is 2.13 bits per heavy atom. The minimum Gasteiger partial charge on any atom is -0.480 e. The number of ether oxygens (including phenoxy) is 1. The number of nitrogens with one attached hydrogen (secondary N) is 2. The minimum atomic E-state index is -1.09. The third kappa shape index (κ3) is 3.63. The van der Waals surface area contributed by atoms with E-state index in [0.717, 1.165) is 22.3 Å². The first kappa shape index (κ1) is 19.9. The van der Waals surface area contributed by atoms with Gasteiger partial charge in [0.15, 0.2) is 0 Å². The summed E-state index contributed by atoms with van der Waals surface area (Å²) in [7, 11) is 0. The number of carbonyl (C=O) groups excluding carboxylic acids is 2. The largest absolute Gasteiger partial charge is 0.480 e. The first-order chi connectivity index (χ1) is 14.4. The van der Waals surface area contributed by atoms with Gasteiger partial charge in [0.05, 0.1) is 0 Å². The van der Waals surface area contributed by atoms with E-state index in [-0.39, 0.29) is 18.9 Å². The van der Waals surface area contributed by atoms with Crippen molar-refractivity contribution in [3.63, 3.8) is 0 Å². The fourth-order valence-corrected chi connectivity index (χ4v) is 4.00. The lowest BCUT2D eigenvalue weighted by molar-refractivity contribution is -0.142. The zero-order chi connectivity index (χ0) is 21.3. The summed E-state index contributed by atoms with van der Waals surface area (Å²) >= 11 is 0. The van der Waals surface area contributed by atoms with E-state index in [1.165, 1.54) is 0 Å². The fraction of sp³-hybridized carbons (Fsp3) is 0.348. The van der Waals surface area contributed by atoms with Crippen LogP contribution in [0.4, 0.5) is 4.79 Å². The Balaban J connectivity index is 1.40. The molecule has 0 saturated heterocycles. The number of rotatable bonds is 7. The van der Waals surface area contributed by atoms with Crippen molar-refractivity contribution in [3.8, 4) is 11.1 Å². The maximum Gasteiger partial charge on any atom is 0.408 e. The number of carbonyl (C=O) groups is 3. The average molecular weight is 408 g/mol. The number of carboxylic acids is 1. The van der Waals surface area contributed by atoms with Crippen LogP contribution in [0.2, 0.25) is 0 Å². The van der Waals surface area contributed by atoms with Gasteiger partial charge < -0.3 is 20.5 Å². The number of alkyl carbamates (subject to hydrolysis) is 1. The lowest BCUT2D eigenvalue weighted by Gasteiger charge is -2.21. The lowest BCUT2D eigenvalue weighted by atomic mass is 9.98. The van der Waals surface area contributed by atoms with Crippen molar-refractivity contribution in [3.05, 3.63) is 59.7 Å². The van der Waals surface area contributed by atoms with Gasteiger partial charge in [0.2, 0.25) is 5.91 Å². The Bertz CT molecular complexity index is 953. The highest BCUT2D eigenvalue weighted by Crippen LogP contribution is 2.44. The van der Waals surface area contributed by atoms with Crippen molar-refractivity contribution in [1.82, 2.24) is 10.6 Å². The highest BCUT2D eigenvalue weighted by molar-refractivity contribution is 5.95. The van der Waals surface area contributed by atoms with Crippen molar-refractivity contribution < 1.29 is 24.2 Å². The van der Waals surface area contributed by atoms with E-state index < -0.39 is 29.6 Å². The zero-order valence-corrected chi connectivity index (χ0v) is 16.7. The second kappa shape index (κ2) is 7.82. The average Bonchev–Trinajstić information content (AvgIpc) is 3.46. The Morgan fingerprint density at radius 1 is 1.07 bits per heavy atom. The van der Waals surface area contributed by atoms with Crippen LogP contribution in [0.15, 0.2) is 48.5 Å². The van der Waals surface area contributed by atoms with Gasteiger partial charge in [-0.1, -0.05) is 55.5 Å². The molecule has 2 amide bonds. The van der Waals surface area contributed by atoms with Gasteiger partial charge in [-0.25, -0.2) is 9.59 Å². The highest BCUT2D eigenvalue weighted by atomic mass is 16.5. The minimum absolute atomic E-state index is 0.0661. The van der Waals surface area contributed by atoms with E-state index >= 15 is 0 Å². The summed E-state index contributed by atoms with van der Waals surface area (Å²) in [6, 6.07) is 15.1. The third-order valence-corrected chi connectivity index (χ3v) is 5.88. The van der Waals surface area contributed by atoms with Gasteiger partial charge in [-0.05, 0) is 41.5 Å². The van der Waals surface area contributed by atoms with Crippen molar-refractivity contribution in [2.75, 3.05) is 6.61 Å². The van der Waals surface area contributed by atoms with Gasteiger partial charge in [-0.2, -0.15) is 0 Å². The molecule has 2 aliphatic carbocycles. The summed E-state index contributed by atoms with van der Waals surface area (Å²) < 4.78 is 5.50. The predicted molar refractivity (Wildman–Crippen MR) is 110 cm³/mol. The normalized spacial score (nSPS) is 16.7. The van der Waals surface area contributed by atoms with Gasteiger partial charge >= 0.3 is 12.1 Å². The van der Waals surface area contributed by atoms with Crippen molar-refractivity contribution in [2.24, 2.45) is 0 Å². The van der Waals surface area contributed by atoms with Crippen LogP contribution in [0.5, 0.6) is 0 Å². The van der Waals surface area contributed by atoms with E-state index in [1.807, 2.05) is 36.4 Å². The first-order valence-corrected chi connectivity index (χ1v) is 10.1. The molecule has 2 aromatic carbocycles. The number of fused-ring (bicyclic) bond motifs is 3. The van der Waals surface area contributed by atoms with Crippen LogP contribution in [0.1, 0.15) is 43.2 Å². The summed E-state index contributed by atoms with van der Waals surface area (Å²) in [5.74, 6) is -1.64. The number of carboxylic acid groups (broad SMARTS) is 1. The molecule has 2 aromatic rings. The summed E-state index contributed by atoms with van der Waals surface area (Å²) in [5.41, 5.74) is 3.42. The standard InChI is InChI=1S/C23H24N2O5/c1-2-19(20(26)27)24-21(28)23(11-12-23)25-22(29)30-13-18-16-9-5-3-7-14(16)15-8-4-6-10-17(15)18/h3-10,18-19H,2,11-13H2,1H3,(H,24,28)(H,25,29)(H,26,27)/t19-/m0/s1. The van der Waals surface area contributed by atoms with Crippen LogP contribution >= 0.6 is 0 Å². The molecular weight excluding hydrogens is 384 g/mol. The Hall–Kier alpha value is -3.35. The van der Waals surface area contributed by atoms with Gasteiger partial charge in [0.1, 0.15) is 18.2 Å². The zero-order valence-electron chi connectivity index (χ0n) is 16.7. The third-order valence-electron chi connectivity index (χ3n) is 5.88. The van der Waals surface area contributed by atoms with Crippen molar-refractivity contribution >= 4 is 18.0 Å². The van der Waals surface area contributed by atoms with Crippen molar-refractivity contribution in [1.29, 1.82) is 0 Å². The number of hydrogen-bond acceptors (Lipinski definition) is 4. The number of benzene rings is 2. The van der Waals surface area contributed by atoms with E-state index in [4.69, 9.17) is 9.84 Å². The quantitative estimate of drug-likeness (QED) is 0.653. The van der Waals surface area contributed by atoms with Crippen LogP contribution in [0.3, 0.4) is 0 Å². The molecule has 0 aliphatic heterocycles. The molecule has 0 aromatic heterocycles. The molecule has 7 nitrogen and oxygen atoms in total. The molecule has 7 heteroatoms. The second-order valence-electron chi connectivity index (χ2n) is 7.81. The monoisotopic (exact) mass is 408 g/mol. The maximum atomic E-state index is 12.5. The number of aliphatic carboxylic acids is 1. The Kier molecular flexibility index (Phi) is 5.20. The van der Waals surface area contributed by atoms with E-state index in [9.17, 15) is 14.4 Å². The van der Waals surface area contributed by atoms with Gasteiger partial charge in [0.25, 0.3) is 0 Å². The highest BCUT2D eigenvalue weighted by Gasteiger charge is 2.52. The van der Waals surface area contributed by atoms with Gasteiger partial charge in [0, 0.05) is 5.92 Å². The lowest BCUT2D eigenvalue weighted by Crippen LogP contribution is -2.53. The number of amides is 2. The molecule has 156 valence electrons. The summed E-state index contributed by atoms with van der Waals surface area (Å²) in [4.78, 5) is 36.1. The molecule has 0 unspecified atom stereocenters. The second-order valence-corrected chi connectivity index (χ2v) is 7.81. The SMILES string of the molecule is CC[C@H](NC(=O)C1(NC(=O)OCC2c3ccccc3-c3ccccc32)CC1)C(=O)O. The molecule has 1 saturated carbocycles. The Morgan fingerprint density at radius 2 is 1.63 bits per heavy atom. The predicted octanol–water partition coefficient (Wildman–Crippen LogP) is 3.04. The molecule has 1 fully saturated rings. The molecule has 0 bridgehead atoms. The maximum absolute atomic E-state index is 12.5. The molecule has 0 heterocycles. The molecule has 1 atom stereocenters. The van der Waals surface area contributed by atoms with Crippen LogP contribution in [0, 0.1) is 0 Å². The molecule has 4 rings (SSSR count). The molecule has 3 N–H and O–H groups in total. The molecular formula is C23H24N2O5. The van der Waals surface area contributed by atoms with Crippen molar-refractivity contribution in [2.45, 2.75) is 43.7 Å². The topological polar surface area (TPSA) is 105 Å². The van der Waals surface area contributed by atoms with Gasteiger partial charge in [-0.3, -0.25) is 4.79 Å². The molecule has 0 spiro atoms. The summed E-state index contributed by atoms with van der Waals surface area (Å²) in [6.07, 6.45) is 0.508. The van der Waals surface area contributed by atoms with E-state index in [2.05, 4.69) is 22.8 Å². The fourth-order valence-electron chi connectivity index (χ4n) is 4.00. The summed E-state index contributed by atoms with van der Waals surface area (Å²) in [5, 5.41) is 14.3. The van der Waals surface area contributed by atoms with Crippen LogP contribution in [0.25, 0.3) is 11.1 Å². The molecule has 0 radical (unpaired) electrons. The van der Waals surface area contributed by atoms with Crippen LogP contribution in [-0.2, 0) is 14.3 Å². The smallest absolute Gasteiger partial charge is 0.408 e.